The van der Waals surface area contributed by atoms with E-state index in [1.807, 2.05) is 37.4 Å². The lowest BCUT2D eigenvalue weighted by Crippen LogP contribution is -2.41. The number of guanidine groups is 1. The summed E-state index contributed by atoms with van der Waals surface area (Å²) in [6, 6.07) is 9.29. The molecule has 0 bridgehead atoms. The zero-order valence-electron chi connectivity index (χ0n) is 13.0. The minimum absolute atomic E-state index is 0. The summed E-state index contributed by atoms with van der Waals surface area (Å²) in [6.07, 6.45) is 1.49. The van der Waals surface area contributed by atoms with Crippen LogP contribution < -0.4 is 16.0 Å². The summed E-state index contributed by atoms with van der Waals surface area (Å²) in [5.74, 6) is 1.15. The molecule has 0 unspecified atom stereocenters. The molecular weight excluding hydrogens is 409 g/mol. The molecule has 23 heavy (non-hydrogen) atoms. The highest BCUT2D eigenvalue weighted by molar-refractivity contribution is 14.0. The van der Waals surface area contributed by atoms with Crippen LogP contribution in [0, 0.1) is 0 Å². The molecule has 9 heteroatoms. The topological polar surface area (TPSA) is 96.2 Å². The van der Waals surface area contributed by atoms with E-state index >= 15 is 0 Å². The second-order valence-electron chi connectivity index (χ2n) is 4.49. The Balaban J connectivity index is 0.00000264. The fraction of sp³-hybridized carbons (Fsp3) is 0.286. The van der Waals surface area contributed by atoms with Crippen LogP contribution in [0.3, 0.4) is 0 Å². The number of hydrogen-bond donors (Lipinski definition) is 3. The minimum Gasteiger partial charge on any atom is -0.349 e. The van der Waals surface area contributed by atoms with E-state index in [9.17, 15) is 4.79 Å². The van der Waals surface area contributed by atoms with E-state index in [2.05, 4.69) is 31.0 Å². The summed E-state index contributed by atoms with van der Waals surface area (Å²) in [4.78, 5) is 20.0. The zero-order chi connectivity index (χ0) is 15.8. The van der Waals surface area contributed by atoms with Gasteiger partial charge in [0.05, 0.1) is 13.1 Å². The number of anilines is 1. The van der Waals surface area contributed by atoms with Gasteiger partial charge in [-0.15, -0.1) is 24.0 Å². The first kappa shape index (κ1) is 18.9. The lowest BCUT2D eigenvalue weighted by atomic mass is 10.3. The average molecular weight is 429 g/mol. The molecule has 0 aliphatic heterocycles. The van der Waals surface area contributed by atoms with Gasteiger partial charge in [0.2, 0.25) is 5.91 Å². The SMILES string of the molecule is CN=C(NCC(=O)Nc1ccccc1)NCc1ncnn1C.I. The standard InChI is InChI=1S/C14H19N7O.HI/c1-15-14(16-8-12-18-10-19-21(12)2)17-9-13(22)20-11-6-4-3-5-7-11;/h3-7,10H,8-9H2,1-2H3,(H,20,22)(H2,15,16,17);1H. The fourth-order valence-electron chi connectivity index (χ4n) is 1.75. The van der Waals surface area contributed by atoms with Crippen molar-refractivity contribution in [1.29, 1.82) is 0 Å². The first-order valence-electron chi connectivity index (χ1n) is 6.81. The van der Waals surface area contributed by atoms with Gasteiger partial charge in [0.1, 0.15) is 12.2 Å². The number of para-hydroxylation sites is 1. The van der Waals surface area contributed by atoms with E-state index in [0.29, 0.717) is 12.5 Å². The molecule has 8 nitrogen and oxygen atoms in total. The van der Waals surface area contributed by atoms with Crippen molar-refractivity contribution in [3.8, 4) is 0 Å². The summed E-state index contributed by atoms with van der Waals surface area (Å²) in [7, 11) is 3.45. The van der Waals surface area contributed by atoms with Crippen molar-refractivity contribution in [2.75, 3.05) is 18.9 Å². The van der Waals surface area contributed by atoms with Crippen molar-refractivity contribution in [3.05, 3.63) is 42.5 Å². The van der Waals surface area contributed by atoms with Crippen LogP contribution >= 0.6 is 24.0 Å². The van der Waals surface area contributed by atoms with Crippen LogP contribution in [-0.4, -0.2) is 40.2 Å². The lowest BCUT2D eigenvalue weighted by Gasteiger charge is -2.11. The van der Waals surface area contributed by atoms with Crippen molar-refractivity contribution in [2.24, 2.45) is 12.0 Å². The first-order valence-corrected chi connectivity index (χ1v) is 6.81. The molecule has 0 fully saturated rings. The second-order valence-corrected chi connectivity index (χ2v) is 4.49. The van der Waals surface area contributed by atoms with Crippen LogP contribution in [0.4, 0.5) is 5.69 Å². The Morgan fingerprint density at radius 2 is 2.00 bits per heavy atom. The first-order chi connectivity index (χ1) is 10.7. The molecule has 2 rings (SSSR count). The normalized spacial score (nSPS) is 10.6. The van der Waals surface area contributed by atoms with Crippen LogP contribution in [0.1, 0.15) is 5.82 Å². The van der Waals surface area contributed by atoms with Crippen molar-refractivity contribution in [1.82, 2.24) is 25.4 Å². The number of benzene rings is 1. The summed E-state index contributed by atoms with van der Waals surface area (Å²) >= 11 is 0. The summed E-state index contributed by atoms with van der Waals surface area (Å²) < 4.78 is 1.67. The number of aromatic nitrogens is 3. The van der Waals surface area contributed by atoms with Gasteiger partial charge >= 0.3 is 0 Å². The van der Waals surface area contributed by atoms with E-state index in [1.54, 1.807) is 11.7 Å². The Hall–Kier alpha value is -2.17. The molecule has 1 aromatic heterocycles. The molecular formula is C14H20IN7O. The Bertz CT molecular complexity index is 642. The number of nitrogens with zero attached hydrogens (tertiary/aromatic N) is 4. The van der Waals surface area contributed by atoms with Gasteiger partial charge in [-0.2, -0.15) is 5.10 Å². The quantitative estimate of drug-likeness (QED) is 0.370. The van der Waals surface area contributed by atoms with Crippen LogP contribution in [-0.2, 0) is 18.4 Å². The van der Waals surface area contributed by atoms with Gasteiger partial charge in [0.15, 0.2) is 5.96 Å². The molecule has 0 atom stereocenters. The van der Waals surface area contributed by atoms with E-state index in [0.717, 1.165) is 11.5 Å². The number of aryl methyl sites for hydroxylation is 1. The highest BCUT2D eigenvalue weighted by Gasteiger charge is 2.05. The number of aliphatic imine (C=N–C) groups is 1. The Kier molecular flexibility index (Phi) is 8.02. The molecule has 0 aliphatic rings. The van der Waals surface area contributed by atoms with Crippen LogP contribution in [0.2, 0.25) is 0 Å². The number of carbonyl (C=O) groups is 1. The molecule has 0 saturated heterocycles. The molecule has 2 aromatic rings. The third-order valence-corrected chi connectivity index (χ3v) is 2.92. The molecule has 0 spiro atoms. The second kappa shape index (κ2) is 9.77. The molecule has 0 radical (unpaired) electrons. The maximum absolute atomic E-state index is 11.8. The Labute approximate surface area is 151 Å². The van der Waals surface area contributed by atoms with Crippen LogP contribution in [0.25, 0.3) is 0 Å². The predicted molar refractivity (Wildman–Crippen MR) is 99.7 cm³/mol. The molecule has 1 heterocycles. The van der Waals surface area contributed by atoms with E-state index in [4.69, 9.17) is 0 Å². The smallest absolute Gasteiger partial charge is 0.243 e. The fourth-order valence-corrected chi connectivity index (χ4v) is 1.75. The minimum atomic E-state index is -0.146. The Morgan fingerprint density at radius 3 is 2.61 bits per heavy atom. The van der Waals surface area contributed by atoms with E-state index in [1.165, 1.54) is 6.33 Å². The maximum Gasteiger partial charge on any atom is 0.243 e. The number of rotatable bonds is 5. The summed E-state index contributed by atoms with van der Waals surface area (Å²) in [5, 5.41) is 12.8. The number of amides is 1. The summed E-state index contributed by atoms with van der Waals surface area (Å²) in [5.41, 5.74) is 0.760. The number of nitrogens with one attached hydrogen (secondary N) is 3. The Morgan fingerprint density at radius 1 is 1.26 bits per heavy atom. The van der Waals surface area contributed by atoms with Gasteiger partial charge in [-0.05, 0) is 12.1 Å². The highest BCUT2D eigenvalue weighted by atomic mass is 127. The van der Waals surface area contributed by atoms with Crippen LogP contribution in [0.15, 0.2) is 41.7 Å². The lowest BCUT2D eigenvalue weighted by molar-refractivity contribution is -0.115. The third kappa shape index (κ3) is 6.22. The maximum atomic E-state index is 11.8. The molecule has 1 amide bonds. The van der Waals surface area contributed by atoms with Crippen LogP contribution in [0.5, 0.6) is 0 Å². The van der Waals surface area contributed by atoms with Gasteiger partial charge < -0.3 is 16.0 Å². The van der Waals surface area contributed by atoms with Gasteiger partial charge in [0.25, 0.3) is 0 Å². The molecule has 124 valence electrons. The number of halogens is 1. The third-order valence-electron chi connectivity index (χ3n) is 2.92. The molecule has 1 aromatic carbocycles. The van der Waals surface area contributed by atoms with Crippen molar-refractivity contribution in [2.45, 2.75) is 6.54 Å². The largest absolute Gasteiger partial charge is 0.349 e. The average Bonchev–Trinajstić information content (AvgIpc) is 2.94. The zero-order valence-corrected chi connectivity index (χ0v) is 15.3. The van der Waals surface area contributed by atoms with Crippen molar-refractivity contribution < 1.29 is 4.79 Å². The van der Waals surface area contributed by atoms with Gasteiger partial charge in [-0.25, -0.2) is 4.98 Å². The van der Waals surface area contributed by atoms with E-state index in [-0.39, 0.29) is 36.4 Å². The van der Waals surface area contributed by atoms with Gasteiger partial charge in [-0.1, -0.05) is 18.2 Å². The van der Waals surface area contributed by atoms with Gasteiger partial charge in [0, 0.05) is 19.8 Å². The highest BCUT2D eigenvalue weighted by Crippen LogP contribution is 2.03. The summed E-state index contributed by atoms with van der Waals surface area (Å²) in [6.45, 7) is 0.587. The monoisotopic (exact) mass is 429 g/mol. The molecule has 0 saturated carbocycles. The van der Waals surface area contributed by atoms with Crippen molar-refractivity contribution >= 4 is 41.5 Å². The molecule has 0 aliphatic carbocycles. The predicted octanol–water partition coefficient (Wildman–Crippen LogP) is 0.737. The van der Waals surface area contributed by atoms with Gasteiger partial charge in [-0.3, -0.25) is 14.5 Å². The molecule has 3 N–H and O–H groups in total. The number of hydrogen-bond acceptors (Lipinski definition) is 4. The number of carbonyl (C=O) groups excluding carboxylic acids is 1. The van der Waals surface area contributed by atoms with E-state index < -0.39 is 0 Å². The van der Waals surface area contributed by atoms with Crippen molar-refractivity contribution in [3.63, 3.8) is 0 Å².